The Kier molecular flexibility index (Phi) is 5.11. The molecule has 1 atom stereocenters. The van der Waals surface area contributed by atoms with E-state index in [1.807, 2.05) is 24.5 Å². The normalized spacial score (nSPS) is 21.4. The van der Waals surface area contributed by atoms with Crippen molar-refractivity contribution in [2.24, 2.45) is 0 Å². The van der Waals surface area contributed by atoms with Crippen molar-refractivity contribution in [1.29, 1.82) is 0 Å². The van der Waals surface area contributed by atoms with Gasteiger partial charge in [-0.2, -0.15) is 0 Å². The maximum Gasteiger partial charge on any atom is 0.0826 e. The summed E-state index contributed by atoms with van der Waals surface area (Å²) in [6.45, 7) is 9.20. The summed E-state index contributed by atoms with van der Waals surface area (Å²) >= 11 is 0. The zero-order valence-corrected chi connectivity index (χ0v) is 11.3. The van der Waals surface area contributed by atoms with E-state index >= 15 is 0 Å². The van der Waals surface area contributed by atoms with Gasteiger partial charge in [0.1, 0.15) is 0 Å². The topological polar surface area (TPSA) is 37.4 Å². The van der Waals surface area contributed by atoms with Gasteiger partial charge >= 0.3 is 0 Å². The molecule has 1 aromatic heterocycles. The molecule has 0 amide bonds. The Morgan fingerprint density at radius 1 is 1.44 bits per heavy atom. The molecule has 0 aliphatic carbocycles. The highest BCUT2D eigenvalue weighted by atomic mass is 16.5. The third-order valence-corrected chi connectivity index (χ3v) is 3.35. The standard InChI is InChI=1S/C14H23N3O/c1-12(2)17-7-8-18-14(11-17)10-16-9-13-3-5-15-6-4-13/h3-6,12,14,16H,7-11H2,1-2H3. The summed E-state index contributed by atoms with van der Waals surface area (Å²) in [5.74, 6) is 0. The highest BCUT2D eigenvalue weighted by Gasteiger charge is 2.21. The number of aromatic nitrogens is 1. The molecule has 4 nitrogen and oxygen atoms in total. The molecule has 0 saturated carbocycles. The van der Waals surface area contributed by atoms with E-state index in [0.717, 1.165) is 32.8 Å². The van der Waals surface area contributed by atoms with E-state index in [1.54, 1.807) is 0 Å². The van der Waals surface area contributed by atoms with Crippen LogP contribution < -0.4 is 5.32 Å². The molecule has 1 aliphatic rings. The van der Waals surface area contributed by atoms with Crippen LogP contribution in [0.3, 0.4) is 0 Å². The maximum atomic E-state index is 5.78. The lowest BCUT2D eigenvalue weighted by Crippen LogP contribution is -2.48. The van der Waals surface area contributed by atoms with E-state index in [-0.39, 0.29) is 0 Å². The first kappa shape index (κ1) is 13.5. The number of rotatable bonds is 5. The van der Waals surface area contributed by atoms with Gasteiger partial charge in [-0.1, -0.05) is 0 Å². The summed E-state index contributed by atoms with van der Waals surface area (Å²) in [6, 6.07) is 4.68. The molecule has 1 fully saturated rings. The van der Waals surface area contributed by atoms with Crippen LogP contribution in [0.1, 0.15) is 19.4 Å². The lowest BCUT2D eigenvalue weighted by Gasteiger charge is -2.35. The minimum Gasteiger partial charge on any atom is -0.374 e. The van der Waals surface area contributed by atoms with E-state index in [9.17, 15) is 0 Å². The van der Waals surface area contributed by atoms with Crippen LogP contribution >= 0.6 is 0 Å². The van der Waals surface area contributed by atoms with E-state index in [0.29, 0.717) is 12.1 Å². The van der Waals surface area contributed by atoms with Gasteiger partial charge in [-0.25, -0.2) is 0 Å². The maximum absolute atomic E-state index is 5.78. The molecule has 100 valence electrons. The van der Waals surface area contributed by atoms with Gasteiger partial charge in [-0.15, -0.1) is 0 Å². The Bertz CT molecular complexity index is 342. The number of pyridine rings is 1. The third kappa shape index (κ3) is 4.05. The average molecular weight is 249 g/mol. The van der Waals surface area contributed by atoms with Gasteiger partial charge in [0.15, 0.2) is 0 Å². The molecule has 2 heterocycles. The lowest BCUT2D eigenvalue weighted by atomic mass is 10.2. The molecule has 1 aromatic rings. The Balaban J connectivity index is 1.70. The van der Waals surface area contributed by atoms with Crippen LogP contribution in [-0.2, 0) is 11.3 Å². The summed E-state index contributed by atoms with van der Waals surface area (Å²) in [5.41, 5.74) is 1.27. The number of hydrogen-bond donors (Lipinski definition) is 1. The van der Waals surface area contributed by atoms with Crippen molar-refractivity contribution in [2.75, 3.05) is 26.2 Å². The summed E-state index contributed by atoms with van der Waals surface area (Å²) in [6.07, 6.45) is 3.96. The zero-order chi connectivity index (χ0) is 12.8. The van der Waals surface area contributed by atoms with Crippen LogP contribution in [0.4, 0.5) is 0 Å². The second kappa shape index (κ2) is 6.83. The fourth-order valence-corrected chi connectivity index (χ4v) is 2.21. The highest BCUT2D eigenvalue weighted by Crippen LogP contribution is 2.08. The summed E-state index contributed by atoms with van der Waals surface area (Å²) in [5, 5.41) is 3.45. The van der Waals surface area contributed by atoms with Gasteiger partial charge in [0.2, 0.25) is 0 Å². The molecule has 1 aliphatic heterocycles. The molecular weight excluding hydrogens is 226 g/mol. The van der Waals surface area contributed by atoms with Crippen molar-refractivity contribution in [1.82, 2.24) is 15.2 Å². The van der Waals surface area contributed by atoms with Crippen LogP contribution in [0.15, 0.2) is 24.5 Å². The van der Waals surface area contributed by atoms with Crippen molar-refractivity contribution in [3.63, 3.8) is 0 Å². The summed E-state index contributed by atoms with van der Waals surface area (Å²) in [4.78, 5) is 6.49. The summed E-state index contributed by atoms with van der Waals surface area (Å²) < 4.78 is 5.78. The van der Waals surface area contributed by atoms with Gasteiger partial charge in [-0.3, -0.25) is 9.88 Å². The first-order valence-corrected chi connectivity index (χ1v) is 6.71. The van der Waals surface area contributed by atoms with E-state index in [4.69, 9.17) is 4.74 Å². The third-order valence-electron chi connectivity index (χ3n) is 3.35. The molecule has 2 rings (SSSR count). The molecular formula is C14H23N3O. The van der Waals surface area contributed by atoms with Crippen molar-refractivity contribution < 1.29 is 4.74 Å². The smallest absolute Gasteiger partial charge is 0.0826 e. The van der Waals surface area contributed by atoms with Crippen molar-refractivity contribution in [2.45, 2.75) is 32.5 Å². The van der Waals surface area contributed by atoms with Gasteiger partial charge < -0.3 is 10.1 Å². The summed E-state index contributed by atoms with van der Waals surface area (Å²) in [7, 11) is 0. The Hall–Kier alpha value is -0.970. The van der Waals surface area contributed by atoms with Gasteiger partial charge in [0.05, 0.1) is 12.7 Å². The van der Waals surface area contributed by atoms with Crippen molar-refractivity contribution in [3.05, 3.63) is 30.1 Å². The fraction of sp³-hybridized carbons (Fsp3) is 0.643. The predicted molar refractivity (Wildman–Crippen MR) is 72.4 cm³/mol. The molecule has 0 aromatic carbocycles. The van der Waals surface area contributed by atoms with Crippen molar-refractivity contribution in [3.8, 4) is 0 Å². The van der Waals surface area contributed by atoms with Gasteiger partial charge in [0.25, 0.3) is 0 Å². The zero-order valence-electron chi connectivity index (χ0n) is 11.3. The van der Waals surface area contributed by atoms with Crippen LogP contribution in [-0.4, -0.2) is 48.3 Å². The minimum absolute atomic E-state index is 0.308. The molecule has 18 heavy (non-hydrogen) atoms. The van der Waals surface area contributed by atoms with Gasteiger partial charge in [-0.05, 0) is 31.5 Å². The Morgan fingerprint density at radius 2 is 2.22 bits per heavy atom. The first-order chi connectivity index (χ1) is 8.75. The van der Waals surface area contributed by atoms with Crippen molar-refractivity contribution >= 4 is 0 Å². The second-order valence-corrected chi connectivity index (χ2v) is 5.07. The molecule has 0 bridgehead atoms. The fourth-order valence-electron chi connectivity index (χ4n) is 2.21. The largest absolute Gasteiger partial charge is 0.374 e. The van der Waals surface area contributed by atoms with Crippen LogP contribution in [0.2, 0.25) is 0 Å². The number of ether oxygens (including phenoxy) is 1. The molecule has 1 N–H and O–H groups in total. The number of nitrogens with zero attached hydrogens (tertiary/aromatic N) is 2. The van der Waals surface area contributed by atoms with E-state index in [2.05, 4.69) is 29.0 Å². The first-order valence-electron chi connectivity index (χ1n) is 6.71. The van der Waals surface area contributed by atoms with Crippen LogP contribution in [0.25, 0.3) is 0 Å². The van der Waals surface area contributed by atoms with E-state index < -0.39 is 0 Å². The second-order valence-electron chi connectivity index (χ2n) is 5.07. The average Bonchev–Trinajstić information content (AvgIpc) is 2.40. The Labute approximate surface area is 109 Å². The van der Waals surface area contributed by atoms with Gasteiger partial charge in [0, 0.05) is 44.6 Å². The SMILES string of the molecule is CC(C)N1CCOC(CNCc2ccncc2)C1. The minimum atomic E-state index is 0.308. The monoisotopic (exact) mass is 249 g/mol. The number of hydrogen-bond acceptors (Lipinski definition) is 4. The molecule has 0 spiro atoms. The molecule has 1 unspecified atom stereocenters. The Morgan fingerprint density at radius 3 is 2.94 bits per heavy atom. The molecule has 1 saturated heterocycles. The highest BCUT2D eigenvalue weighted by molar-refractivity contribution is 5.08. The molecule has 4 heteroatoms. The lowest BCUT2D eigenvalue weighted by molar-refractivity contribution is -0.0372. The number of morpholine rings is 1. The van der Waals surface area contributed by atoms with Crippen LogP contribution in [0, 0.1) is 0 Å². The molecule has 0 radical (unpaired) electrons. The predicted octanol–water partition coefficient (Wildman–Crippen LogP) is 1.28. The quantitative estimate of drug-likeness (QED) is 0.853. The number of nitrogens with one attached hydrogen (secondary N) is 1. The van der Waals surface area contributed by atoms with Crippen LogP contribution in [0.5, 0.6) is 0 Å². The van der Waals surface area contributed by atoms with E-state index in [1.165, 1.54) is 5.56 Å².